The summed E-state index contributed by atoms with van der Waals surface area (Å²) in [7, 11) is 1.49. The standard InChI is InChI=1S/C16H24FNOS/c1-11(12-5-6-15(19-4)14(17)7-12)18-13-8-16(2,3)10-20-9-13/h5-7,11,13,18H,8-10H2,1-4H3. The van der Waals surface area contributed by atoms with Crippen LogP contribution in [0.15, 0.2) is 18.2 Å². The van der Waals surface area contributed by atoms with Crippen molar-refractivity contribution < 1.29 is 9.13 Å². The maximum atomic E-state index is 13.8. The van der Waals surface area contributed by atoms with Gasteiger partial charge >= 0.3 is 0 Å². The largest absolute Gasteiger partial charge is 0.494 e. The summed E-state index contributed by atoms with van der Waals surface area (Å²) in [5.41, 5.74) is 1.35. The lowest BCUT2D eigenvalue weighted by Crippen LogP contribution is -2.41. The fourth-order valence-electron chi connectivity index (χ4n) is 2.77. The molecule has 0 aliphatic carbocycles. The van der Waals surface area contributed by atoms with Gasteiger partial charge in [-0.2, -0.15) is 11.8 Å². The molecule has 1 heterocycles. The Bertz CT molecular complexity index is 464. The van der Waals surface area contributed by atoms with E-state index in [2.05, 4.69) is 26.1 Å². The molecule has 2 rings (SSSR count). The fraction of sp³-hybridized carbons (Fsp3) is 0.625. The van der Waals surface area contributed by atoms with Crippen LogP contribution in [0.1, 0.15) is 38.8 Å². The van der Waals surface area contributed by atoms with Crippen LogP contribution in [0.4, 0.5) is 4.39 Å². The number of ether oxygens (including phenoxy) is 1. The minimum atomic E-state index is -0.294. The smallest absolute Gasteiger partial charge is 0.165 e. The van der Waals surface area contributed by atoms with E-state index in [0.717, 1.165) is 11.3 Å². The quantitative estimate of drug-likeness (QED) is 0.907. The summed E-state index contributed by atoms with van der Waals surface area (Å²) < 4.78 is 18.7. The van der Waals surface area contributed by atoms with Crippen LogP contribution in [-0.4, -0.2) is 24.7 Å². The molecule has 1 N–H and O–H groups in total. The Kier molecular flexibility index (Phi) is 4.97. The molecule has 4 heteroatoms. The molecule has 2 atom stereocenters. The van der Waals surface area contributed by atoms with Crippen molar-refractivity contribution in [2.45, 2.75) is 39.3 Å². The molecule has 0 spiro atoms. The molecule has 0 radical (unpaired) electrons. The van der Waals surface area contributed by atoms with Crippen molar-refractivity contribution in [1.29, 1.82) is 0 Å². The first-order valence-corrected chi connectivity index (χ1v) is 8.24. The number of nitrogens with one attached hydrogen (secondary N) is 1. The maximum Gasteiger partial charge on any atom is 0.165 e. The molecule has 2 unspecified atom stereocenters. The Labute approximate surface area is 125 Å². The fourth-order valence-corrected chi connectivity index (χ4v) is 4.06. The number of hydrogen-bond acceptors (Lipinski definition) is 3. The summed E-state index contributed by atoms with van der Waals surface area (Å²) in [4.78, 5) is 0. The van der Waals surface area contributed by atoms with Gasteiger partial charge in [-0.05, 0) is 42.2 Å². The monoisotopic (exact) mass is 297 g/mol. The number of rotatable bonds is 4. The van der Waals surface area contributed by atoms with Crippen molar-refractivity contribution >= 4 is 11.8 Å². The van der Waals surface area contributed by atoms with Gasteiger partial charge in [0, 0.05) is 17.8 Å². The molecule has 112 valence electrons. The first kappa shape index (κ1) is 15.6. The van der Waals surface area contributed by atoms with Gasteiger partial charge in [-0.3, -0.25) is 0 Å². The van der Waals surface area contributed by atoms with Crippen LogP contribution < -0.4 is 10.1 Å². The van der Waals surface area contributed by atoms with E-state index in [4.69, 9.17) is 4.74 Å². The van der Waals surface area contributed by atoms with E-state index < -0.39 is 0 Å². The zero-order chi connectivity index (χ0) is 14.8. The lowest BCUT2D eigenvalue weighted by atomic mass is 9.87. The maximum absolute atomic E-state index is 13.8. The van der Waals surface area contributed by atoms with Crippen LogP contribution in [0.3, 0.4) is 0 Å². The van der Waals surface area contributed by atoms with Gasteiger partial charge < -0.3 is 10.1 Å². The topological polar surface area (TPSA) is 21.3 Å². The van der Waals surface area contributed by atoms with Gasteiger partial charge in [0.05, 0.1) is 7.11 Å². The van der Waals surface area contributed by atoms with Crippen molar-refractivity contribution in [3.63, 3.8) is 0 Å². The molecular formula is C16H24FNOS. The predicted molar refractivity (Wildman–Crippen MR) is 84.0 cm³/mol. The van der Waals surface area contributed by atoms with Crippen molar-refractivity contribution in [2.75, 3.05) is 18.6 Å². The van der Waals surface area contributed by atoms with E-state index in [1.807, 2.05) is 17.8 Å². The van der Waals surface area contributed by atoms with Crippen molar-refractivity contribution in [2.24, 2.45) is 5.41 Å². The summed E-state index contributed by atoms with van der Waals surface area (Å²) in [6.45, 7) is 6.71. The molecule has 1 aromatic rings. The van der Waals surface area contributed by atoms with Gasteiger partial charge in [0.2, 0.25) is 0 Å². The van der Waals surface area contributed by atoms with Crippen molar-refractivity contribution in [3.05, 3.63) is 29.6 Å². The van der Waals surface area contributed by atoms with E-state index in [-0.39, 0.29) is 11.9 Å². The van der Waals surface area contributed by atoms with Gasteiger partial charge in [0.25, 0.3) is 0 Å². The minimum absolute atomic E-state index is 0.148. The van der Waals surface area contributed by atoms with E-state index in [0.29, 0.717) is 17.2 Å². The van der Waals surface area contributed by atoms with Gasteiger partial charge in [0.15, 0.2) is 11.6 Å². The molecule has 1 fully saturated rings. The molecule has 1 aliphatic heterocycles. The number of benzene rings is 1. The number of hydrogen-bond donors (Lipinski definition) is 1. The van der Waals surface area contributed by atoms with Gasteiger partial charge in [0.1, 0.15) is 0 Å². The zero-order valence-electron chi connectivity index (χ0n) is 12.7. The highest BCUT2D eigenvalue weighted by Gasteiger charge is 2.29. The molecule has 0 amide bonds. The lowest BCUT2D eigenvalue weighted by Gasteiger charge is -2.36. The van der Waals surface area contributed by atoms with Crippen LogP contribution in [0.2, 0.25) is 0 Å². The Morgan fingerprint density at radius 3 is 2.80 bits per heavy atom. The van der Waals surface area contributed by atoms with Crippen LogP contribution in [0, 0.1) is 11.2 Å². The first-order chi connectivity index (χ1) is 9.41. The second-order valence-corrected chi connectivity index (χ2v) is 7.39. The van der Waals surface area contributed by atoms with E-state index in [1.54, 1.807) is 12.1 Å². The zero-order valence-corrected chi connectivity index (χ0v) is 13.5. The van der Waals surface area contributed by atoms with E-state index in [9.17, 15) is 4.39 Å². The minimum Gasteiger partial charge on any atom is -0.494 e. The molecule has 0 saturated carbocycles. The number of methoxy groups -OCH3 is 1. The van der Waals surface area contributed by atoms with Crippen molar-refractivity contribution in [1.82, 2.24) is 5.32 Å². The number of halogens is 1. The summed E-state index contributed by atoms with van der Waals surface area (Å²) >= 11 is 2.00. The van der Waals surface area contributed by atoms with Crippen LogP contribution in [0.5, 0.6) is 5.75 Å². The van der Waals surface area contributed by atoms with Crippen molar-refractivity contribution in [3.8, 4) is 5.75 Å². The van der Waals surface area contributed by atoms with Gasteiger partial charge in [-0.1, -0.05) is 19.9 Å². The Hall–Kier alpha value is -0.740. The third kappa shape index (κ3) is 3.89. The second kappa shape index (κ2) is 6.35. The van der Waals surface area contributed by atoms with Crippen LogP contribution >= 0.6 is 11.8 Å². The van der Waals surface area contributed by atoms with Crippen LogP contribution in [-0.2, 0) is 0 Å². The average molecular weight is 297 g/mol. The molecule has 0 aromatic heterocycles. The summed E-state index contributed by atoms with van der Waals surface area (Å²) in [5, 5.41) is 3.63. The third-order valence-electron chi connectivity index (χ3n) is 3.77. The SMILES string of the molecule is COc1ccc(C(C)NC2CSCC(C)(C)C2)cc1F. The number of thioether (sulfide) groups is 1. The third-order valence-corrected chi connectivity index (χ3v) is 5.40. The highest BCUT2D eigenvalue weighted by atomic mass is 32.2. The normalized spacial score (nSPS) is 23.4. The van der Waals surface area contributed by atoms with Crippen LogP contribution in [0.25, 0.3) is 0 Å². The first-order valence-electron chi connectivity index (χ1n) is 7.08. The molecular weight excluding hydrogens is 273 g/mol. The van der Waals surface area contributed by atoms with Gasteiger partial charge in [-0.15, -0.1) is 0 Å². The summed E-state index contributed by atoms with van der Waals surface area (Å²) in [6.07, 6.45) is 1.17. The summed E-state index contributed by atoms with van der Waals surface area (Å²) in [6, 6.07) is 5.83. The molecule has 2 nitrogen and oxygen atoms in total. The highest BCUT2D eigenvalue weighted by Crippen LogP contribution is 2.34. The Morgan fingerprint density at radius 1 is 1.45 bits per heavy atom. The predicted octanol–water partition coefficient (Wildman–Crippen LogP) is 4.02. The van der Waals surface area contributed by atoms with E-state index >= 15 is 0 Å². The van der Waals surface area contributed by atoms with Gasteiger partial charge in [-0.25, -0.2) is 4.39 Å². The Balaban J connectivity index is 2.01. The molecule has 0 bridgehead atoms. The molecule has 20 heavy (non-hydrogen) atoms. The second-order valence-electron chi connectivity index (χ2n) is 6.36. The molecule has 1 aromatic carbocycles. The highest BCUT2D eigenvalue weighted by molar-refractivity contribution is 7.99. The Morgan fingerprint density at radius 2 is 2.20 bits per heavy atom. The summed E-state index contributed by atoms with van der Waals surface area (Å²) in [5.74, 6) is 2.36. The lowest BCUT2D eigenvalue weighted by molar-refractivity contribution is 0.304. The molecule has 1 saturated heterocycles. The molecule has 1 aliphatic rings. The van der Waals surface area contributed by atoms with E-state index in [1.165, 1.54) is 19.3 Å². The average Bonchev–Trinajstić information content (AvgIpc) is 2.37.